The fourth-order valence-corrected chi connectivity index (χ4v) is 1.78. The van der Waals surface area contributed by atoms with E-state index in [4.69, 9.17) is 6.42 Å². The number of hydrogen-bond acceptors (Lipinski definition) is 2. The molecule has 0 aliphatic rings. The van der Waals surface area contributed by atoms with E-state index in [9.17, 15) is 10.1 Å². The monoisotopic (exact) mass is 253 g/mol. The maximum Gasteiger partial charge on any atom is 0.270 e. The molecule has 0 aromatic heterocycles. The zero-order chi connectivity index (χ0) is 10.7. The Morgan fingerprint density at radius 3 is 2.71 bits per heavy atom. The summed E-state index contributed by atoms with van der Waals surface area (Å²) in [7, 11) is 0. The van der Waals surface area contributed by atoms with Crippen LogP contribution in [-0.4, -0.2) is 4.92 Å². The van der Waals surface area contributed by atoms with Crippen molar-refractivity contribution in [3.63, 3.8) is 0 Å². The number of benzene rings is 1. The molecule has 0 spiro atoms. The number of non-ortho nitro benzene ring substituents is 1. The molecule has 14 heavy (non-hydrogen) atoms. The van der Waals surface area contributed by atoms with Crippen molar-refractivity contribution in [1.29, 1.82) is 0 Å². The van der Waals surface area contributed by atoms with Gasteiger partial charge in [0.1, 0.15) is 0 Å². The molecule has 0 saturated heterocycles. The molecule has 1 aromatic carbocycles. The van der Waals surface area contributed by atoms with Crippen molar-refractivity contribution >= 4 is 21.6 Å². The number of rotatable bonds is 2. The standard InChI is InChI=1S/C10H8BrNO2/c1-3-7(2)9-5-4-8(12(13)14)6-10(9)11/h1,4-7H,2H3. The minimum absolute atomic E-state index is 0.0508. The third kappa shape index (κ3) is 2.12. The number of nitrogens with zero attached hydrogens (tertiary/aromatic N) is 1. The lowest BCUT2D eigenvalue weighted by Crippen LogP contribution is -1.93. The molecule has 1 rings (SSSR count). The van der Waals surface area contributed by atoms with Gasteiger partial charge in [-0.15, -0.1) is 6.42 Å². The van der Waals surface area contributed by atoms with Crippen molar-refractivity contribution in [3.05, 3.63) is 38.3 Å². The van der Waals surface area contributed by atoms with Crippen LogP contribution in [0.5, 0.6) is 0 Å². The van der Waals surface area contributed by atoms with Gasteiger partial charge in [0.2, 0.25) is 0 Å². The molecule has 0 amide bonds. The summed E-state index contributed by atoms with van der Waals surface area (Å²) in [5, 5.41) is 10.4. The van der Waals surface area contributed by atoms with Gasteiger partial charge in [-0.3, -0.25) is 10.1 Å². The lowest BCUT2D eigenvalue weighted by Gasteiger charge is -2.06. The zero-order valence-electron chi connectivity index (χ0n) is 7.53. The van der Waals surface area contributed by atoms with Crippen molar-refractivity contribution < 1.29 is 4.92 Å². The summed E-state index contributed by atoms with van der Waals surface area (Å²) in [5.41, 5.74) is 0.947. The Balaban J connectivity index is 3.15. The van der Waals surface area contributed by atoms with Gasteiger partial charge >= 0.3 is 0 Å². The van der Waals surface area contributed by atoms with E-state index in [2.05, 4.69) is 21.9 Å². The van der Waals surface area contributed by atoms with E-state index in [1.807, 2.05) is 6.92 Å². The van der Waals surface area contributed by atoms with Gasteiger partial charge in [-0.1, -0.05) is 21.9 Å². The predicted octanol–water partition coefficient (Wildman–Crippen LogP) is 3.09. The van der Waals surface area contributed by atoms with Gasteiger partial charge in [-0.2, -0.15) is 0 Å². The molecule has 72 valence electrons. The number of terminal acetylenes is 1. The molecule has 0 radical (unpaired) electrons. The Morgan fingerprint density at radius 1 is 1.64 bits per heavy atom. The largest absolute Gasteiger partial charge is 0.270 e. The van der Waals surface area contributed by atoms with Gasteiger partial charge in [0.15, 0.2) is 0 Å². The van der Waals surface area contributed by atoms with Crippen molar-refractivity contribution in [3.8, 4) is 12.3 Å². The smallest absolute Gasteiger partial charge is 0.258 e. The van der Waals surface area contributed by atoms with Crippen LogP contribution in [0.3, 0.4) is 0 Å². The molecule has 0 N–H and O–H groups in total. The third-order valence-electron chi connectivity index (χ3n) is 1.91. The van der Waals surface area contributed by atoms with Gasteiger partial charge < -0.3 is 0 Å². The maximum absolute atomic E-state index is 10.4. The fraction of sp³-hybridized carbons (Fsp3) is 0.200. The fourth-order valence-electron chi connectivity index (χ4n) is 1.07. The summed E-state index contributed by atoms with van der Waals surface area (Å²) in [5.74, 6) is 2.52. The summed E-state index contributed by atoms with van der Waals surface area (Å²) in [6.07, 6.45) is 5.27. The first-order valence-electron chi connectivity index (χ1n) is 3.96. The quantitative estimate of drug-likeness (QED) is 0.462. The van der Waals surface area contributed by atoms with Crippen LogP contribution >= 0.6 is 15.9 Å². The van der Waals surface area contributed by atoms with Gasteiger partial charge in [-0.05, 0) is 18.6 Å². The molecule has 0 saturated carbocycles. The van der Waals surface area contributed by atoms with E-state index in [0.717, 1.165) is 5.56 Å². The second-order valence-electron chi connectivity index (χ2n) is 2.85. The van der Waals surface area contributed by atoms with Crippen LogP contribution in [-0.2, 0) is 0 Å². The predicted molar refractivity (Wildman–Crippen MR) is 58.0 cm³/mol. The molecule has 1 unspecified atom stereocenters. The lowest BCUT2D eigenvalue weighted by molar-refractivity contribution is -0.384. The molecule has 4 heteroatoms. The molecule has 1 atom stereocenters. The summed E-state index contributed by atoms with van der Waals surface area (Å²) < 4.78 is 0.678. The molecule has 0 aliphatic heterocycles. The minimum Gasteiger partial charge on any atom is -0.258 e. The Morgan fingerprint density at radius 2 is 2.29 bits per heavy atom. The highest BCUT2D eigenvalue weighted by molar-refractivity contribution is 9.10. The Bertz CT molecular complexity index is 409. The van der Waals surface area contributed by atoms with Crippen molar-refractivity contribution in [2.45, 2.75) is 12.8 Å². The summed E-state index contributed by atoms with van der Waals surface area (Å²) >= 11 is 3.26. The van der Waals surface area contributed by atoms with E-state index in [-0.39, 0.29) is 11.6 Å². The van der Waals surface area contributed by atoms with Crippen molar-refractivity contribution in [1.82, 2.24) is 0 Å². The van der Waals surface area contributed by atoms with Crippen molar-refractivity contribution in [2.24, 2.45) is 0 Å². The molecule has 0 fully saturated rings. The number of nitro benzene ring substituents is 1. The average Bonchev–Trinajstić information content (AvgIpc) is 2.16. The van der Waals surface area contributed by atoms with Crippen LogP contribution in [0.2, 0.25) is 0 Å². The van der Waals surface area contributed by atoms with Gasteiger partial charge in [0.25, 0.3) is 5.69 Å². The zero-order valence-corrected chi connectivity index (χ0v) is 9.11. The Kier molecular flexibility index (Phi) is 3.26. The molecule has 3 nitrogen and oxygen atoms in total. The molecular formula is C10H8BrNO2. The van der Waals surface area contributed by atoms with Crippen LogP contribution in [0.15, 0.2) is 22.7 Å². The Hall–Kier alpha value is -1.34. The Labute approximate surface area is 90.4 Å². The summed E-state index contributed by atoms with van der Waals surface area (Å²) in [6, 6.07) is 4.59. The van der Waals surface area contributed by atoms with Crippen LogP contribution in [0, 0.1) is 22.5 Å². The van der Waals surface area contributed by atoms with Crippen LogP contribution in [0.25, 0.3) is 0 Å². The molecule has 0 bridgehead atoms. The third-order valence-corrected chi connectivity index (χ3v) is 2.60. The van der Waals surface area contributed by atoms with Crippen LogP contribution < -0.4 is 0 Å². The highest BCUT2D eigenvalue weighted by Gasteiger charge is 2.11. The SMILES string of the molecule is C#CC(C)c1ccc([N+](=O)[O-])cc1Br. The van der Waals surface area contributed by atoms with Gasteiger partial charge in [0, 0.05) is 22.5 Å². The number of halogens is 1. The molecule has 0 aliphatic carbocycles. The van der Waals surface area contributed by atoms with E-state index in [0.29, 0.717) is 4.47 Å². The van der Waals surface area contributed by atoms with Gasteiger partial charge in [0.05, 0.1) is 4.92 Å². The average molecular weight is 254 g/mol. The first-order valence-corrected chi connectivity index (χ1v) is 4.75. The van der Waals surface area contributed by atoms with E-state index in [1.54, 1.807) is 6.07 Å². The normalized spacial score (nSPS) is 11.8. The van der Waals surface area contributed by atoms with E-state index in [1.165, 1.54) is 12.1 Å². The lowest BCUT2D eigenvalue weighted by atomic mass is 10.0. The highest BCUT2D eigenvalue weighted by atomic mass is 79.9. The molecule has 0 heterocycles. The first-order chi connectivity index (χ1) is 6.56. The van der Waals surface area contributed by atoms with Gasteiger partial charge in [-0.25, -0.2) is 0 Å². The first kappa shape index (κ1) is 10.7. The highest BCUT2D eigenvalue weighted by Crippen LogP contribution is 2.28. The molecule has 1 aromatic rings. The van der Waals surface area contributed by atoms with Crippen LogP contribution in [0.1, 0.15) is 18.4 Å². The number of hydrogen-bond donors (Lipinski definition) is 0. The maximum atomic E-state index is 10.4. The summed E-state index contributed by atoms with van der Waals surface area (Å²) in [4.78, 5) is 10.0. The second-order valence-corrected chi connectivity index (χ2v) is 3.71. The van der Waals surface area contributed by atoms with E-state index < -0.39 is 4.92 Å². The molecular weight excluding hydrogens is 246 g/mol. The van der Waals surface area contributed by atoms with Crippen molar-refractivity contribution in [2.75, 3.05) is 0 Å². The number of nitro groups is 1. The summed E-state index contributed by atoms with van der Waals surface area (Å²) in [6.45, 7) is 1.87. The second kappa shape index (κ2) is 4.25. The van der Waals surface area contributed by atoms with E-state index >= 15 is 0 Å². The topological polar surface area (TPSA) is 43.1 Å². The van der Waals surface area contributed by atoms with Crippen LogP contribution in [0.4, 0.5) is 5.69 Å². The minimum atomic E-state index is -0.435.